The first-order valence-electron chi connectivity index (χ1n) is 13.9. The van der Waals surface area contributed by atoms with Crippen LogP contribution in [0.5, 0.6) is 0 Å². The fourth-order valence-electron chi connectivity index (χ4n) is 4.61. The molecule has 0 saturated heterocycles. The second-order valence-electron chi connectivity index (χ2n) is 10.4. The number of carbonyl (C=O) groups excluding carboxylic acids is 2. The minimum atomic E-state index is -4.69. The van der Waals surface area contributed by atoms with E-state index in [-0.39, 0.29) is 20.9 Å². The summed E-state index contributed by atoms with van der Waals surface area (Å²) in [5.41, 5.74) is 0.537. The Morgan fingerprint density at radius 3 is 1.34 bits per heavy atom. The predicted octanol–water partition coefficient (Wildman–Crippen LogP) is 8.34. The van der Waals surface area contributed by atoms with Crippen LogP contribution in [-0.2, 0) is 20.0 Å². The highest BCUT2D eigenvalue weighted by Crippen LogP contribution is 2.48. The maximum absolute atomic E-state index is 14.1. The Bertz CT molecular complexity index is 2200. The van der Waals surface area contributed by atoms with Gasteiger partial charge >= 0.3 is 0 Å². The van der Waals surface area contributed by atoms with Crippen LogP contribution >= 0.6 is 34.8 Å². The lowest BCUT2D eigenvalue weighted by molar-refractivity contribution is 0.0996. The predicted molar refractivity (Wildman–Crippen MR) is 185 cm³/mol. The highest BCUT2D eigenvalue weighted by Gasteiger charge is 2.39. The van der Waals surface area contributed by atoms with Gasteiger partial charge in [0.1, 0.15) is 0 Å². The Labute approximate surface area is 287 Å². The van der Waals surface area contributed by atoms with Crippen LogP contribution in [0.3, 0.4) is 0 Å². The average Bonchev–Trinajstić information content (AvgIpc) is 3.06. The standard InChI is InChI=1S/C34H25Cl3N2O6S2/c1-22-13-17-26(18-14-22)46(42,43)38(33(40)24-9-5-3-6-10-24)29-21-28(35)32(31(37)30(29)36)39(34(41)25-11-7-4-8-12-25)47(44,45)27-19-15-23(2)16-20-27/h3-21H,1-2H3. The van der Waals surface area contributed by atoms with Crippen molar-refractivity contribution in [3.05, 3.63) is 153 Å². The minimum absolute atomic E-state index is 0.00148. The van der Waals surface area contributed by atoms with E-state index in [4.69, 9.17) is 34.8 Å². The number of sulfonamides is 2. The van der Waals surface area contributed by atoms with Crippen molar-refractivity contribution in [2.24, 2.45) is 0 Å². The molecule has 0 aliphatic carbocycles. The summed E-state index contributed by atoms with van der Waals surface area (Å²) in [6, 6.07) is 27.7. The number of aryl methyl sites for hydroxylation is 2. The van der Waals surface area contributed by atoms with Gasteiger partial charge in [-0.3, -0.25) is 9.59 Å². The van der Waals surface area contributed by atoms with Crippen molar-refractivity contribution in [2.75, 3.05) is 8.61 Å². The zero-order valence-corrected chi connectivity index (χ0v) is 28.7. The molecule has 0 spiro atoms. The van der Waals surface area contributed by atoms with Gasteiger partial charge in [-0.1, -0.05) is 107 Å². The molecule has 0 radical (unpaired) electrons. The van der Waals surface area contributed by atoms with Gasteiger partial charge in [-0.05, 0) is 68.4 Å². The molecule has 0 aromatic heterocycles. The molecule has 13 heteroatoms. The second-order valence-corrected chi connectivity index (χ2v) is 15.1. The maximum Gasteiger partial charge on any atom is 0.272 e. The summed E-state index contributed by atoms with van der Waals surface area (Å²) in [5.74, 6) is -2.00. The van der Waals surface area contributed by atoms with Crippen molar-refractivity contribution in [1.82, 2.24) is 0 Å². The minimum Gasteiger partial charge on any atom is -0.268 e. The molecule has 2 amide bonds. The molecule has 8 nitrogen and oxygen atoms in total. The molecule has 0 saturated carbocycles. The van der Waals surface area contributed by atoms with Gasteiger partial charge in [0, 0.05) is 11.1 Å². The largest absolute Gasteiger partial charge is 0.272 e. The zero-order chi connectivity index (χ0) is 34.1. The quantitative estimate of drug-likeness (QED) is 0.149. The fourth-order valence-corrected chi connectivity index (χ4v) is 8.47. The van der Waals surface area contributed by atoms with E-state index in [1.807, 2.05) is 0 Å². The van der Waals surface area contributed by atoms with Gasteiger partial charge in [-0.2, -0.15) is 8.61 Å². The molecular weight excluding hydrogens is 703 g/mol. The lowest BCUT2D eigenvalue weighted by atomic mass is 10.2. The molecule has 47 heavy (non-hydrogen) atoms. The highest BCUT2D eigenvalue weighted by atomic mass is 35.5. The molecule has 0 N–H and O–H groups in total. The monoisotopic (exact) mass is 726 g/mol. The number of hydrogen-bond acceptors (Lipinski definition) is 6. The first kappa shape index (κ1) is 34.2. The number of anilines is 2. The van der Waals surface area contributed by atoms with Crippen molar-refractivity contribution < 1.29 is 26.4 Å². The van der Waals surface area contributed by atoms with Gasteiger partial charge < -0.3 is 0 Å². The topological polar surface area (TPSA) is 109 Å². The SMILES string of the molecule is Cc1ccc(S(=O)(=O)N(C(=O)c2ccccc2)c2cc(Cl)c(N(C(=O)c3ccccc3)S(=O)(=O)c3ccc(C)cc3)c(Cl)c2Cl)cc1. The first-order chi connectivity index (χ1) is 22.2. The number of halogens is 3. The van der Waals surface area contributed by atoms with Crippen LogP contribution in [0.1, 0.15) is 31.8 Å². The lowest BCUT2D eigenvalue weighted by Gasteiger charge is -2.28. The molecule has 5 rings (SSSR count). The normalized spacial score (nSPS) is 11.6. The molecule has 0 bridgehead atoms. The van der Waals surface area contributed by atoms with Gasteiger partial charge in [0.05, 0.1) is 36.2 Å². The van der Waals surface area contributed by atoms with Crippen LogP contribution in [-0.4, -0.2) is 28.6 Å². The smallest absolute Gasteiger partial charge is 0.268 e. The molecule has 5 aromatic rings. The second kappa shape index (κ2) is 13.5. The maximum atomic E-state index is 14.1. The van der Waals surface area contributed by atoms with E-state index in [9.17, 15) is 26.4 Å². The first-order valence-corrected chi connectivity index (χ1v) is 17.9. The Kier molecular flexibility index (Phi) is 9.81. The Morgan fingerprint density at radius 1 is 0.532 bits per heavy atom. The van der Waals surface area contributed by atoms with Gasteiger partial charge in [0.25, 0.3) is 31.9 Å². The van der Waals surface area contributed by atoms with Crippen molar-refractivity contribution in [1.29, 1.82) is 0 Å². The van der Waals surface area contributed by atoms with Crippen LogP contribution in [0.15, 0.2) is 125 Å². The number of benzene rings is 5. The fraction of sp³-hybridized carbons (Fsp3) is 0.0588. The third-order valence-electron chi connectivity index (χ3n) is 7.07. The number of amides is 2. The van der Waals surface area contributed by atoms with Crippen LogP contribution in [0.4, 0.5) is 11.4 Å². The summed E-state index contributed by atoms with van der Waals surface area (Å²) in [7, 11) is -9.35. The van der Waals surface area contributed by atoms with Crippen molar-refractivity contribution in [3.63, 3.8) is 0 Å². The average molecular weight is 728 g/mol. The van der Waals surface area contributed by atoms with E-state index in [0.29, 0.717) is 8.61 Å². The summed E-state index contributed by atoms with van der Waals surface area (Å²) in [4.78, 5) is 27.4. The Balaban J connectivity index is 1.77. The van der Waals surface area contributed by atoms with Crippen LogP contribution in [0.2, 0.25) is 15.1 Å². The molecule has 0 aliphatic rings. The number of nitrogens with zero attached hydrogens (tertiary/aromatic N) is 2. The van der Waals surface area contributed by atoms with Crippen LogP contribution in [0, 0.1) is 13.8 Å². The number of rotatable bonds is 8. The third-order valence-corrected chi connectivity index (χ3v) is 11.6. The van der Waals surface area contributed by atoms with Gasteiger partial charge in [0.2, 0.25) is 0 Å². The molecular formula is C34H25Cl3N2O6S2. The van der Waals surface area contributed by atoms with E-state index in [1.54, 1.807) is 74.5 Å². The van der Waals surface area contributed by atoms with Crippen molar-refractivity contribution in [3.8, 4) is 0 Å². The van der Waals surface area contributed by atoms with Crippen LogP contribution < -0.4 is 8.61 Å². The molecule has 0 fully saturated rings. The molecule has 0 unspecified atom stereocenters. The lowest BCUT2D eigenvalue weighted by Crippen LogP contribution is -2.39. The zero-order valence-electron chi connectivity index (χ0n) is 24.8. The van der Waals surface area contributed by atoms with Crippen molar-refractivity contribution in [2.45, 2.75) is 23.6 Å². The molecule has 0 heterocycles. The third kappa shape index (κ3) is 6.65. The molecule has 5 aromatic carbocycles. The summed E-state index contributed by atoms with van der Waals surface area (Å²) >= 11 is 20.2. The Morgan fingerprint density at radius 2 is 0.915 bits per heavy atom. The summed E-state index contributed by atoms with van der Waals surface area (Å²) in [6.45, 7) is 3.54. The van der Waals surface area contributed by atoms with Gasteiger partial charge in [0.15, 0.2) is 0 Å². The van der Waals surface area contributed by atoms with E-state index in [0.717, 1.165) is 17.2 Å². The van der Waals surface area contributed by atoms with E-state index in [2.05, 4.69) is 0 Å². The van der Waals surface area contributed by atoms with E-state index < -0.39 is 58.3 Å². The number of carbonyl (C=O) groups is 2. The Hall–Kier alpha value is -4.19. The molecule has 0 atom stereocenters. The van der Waals surface area contributed by atoms with Gasteiger partial charge in [-0.25, -0.2) is 16.8 Å². The number of hydrogen-bond donors (Lipinski definition) is 0. The summed E-state index contributed by atoms with van der Waals surface area (Å²) < 4.78 is 57.4. The highest BCUT2D eigenvalue weighted by molar-refractivity contribution is 7.94. The van der Waals surface area contributed by atoms with Crippen LogP contribution in [0.25, 0.3) is 0 Å². The van der Waals surface area contributed by atoms with Crippen molar-refractivity contribution >= 4 is 78.0 Å². The molecule has 240 valence electrons. The summed E-state index contributed by atoms with van der Waals surface area (Å²) in [5, 5.41) is -1.60. The van der Waals surface area contributed by atoms with Gasteiger partial charge in [-0.15, -0.1) is 0 Å². The molecule has 0 aliphatic heterocycles. The summed E-state index contributed by atoms with van der Waals surface area (Å²) in [6.07, 6.45) is 0. The van der Waals surface area contributed by atoms with E-state index in [1.165, 1.54) is 48.5 Å². The van der Waals surface area contributed by atoms with E-state index >= 15 is 0 Å².